The molecule has 108 valence electrons. The Labute approximate surface area is 128 Å². The van der Waals surface area contributed by atoms with Crippen molar-refractivity contribution in [1.29, 1.82) is 0 Å². The lowest BCUT2D eigenvalue weighted by Gasteiger charge is -2.13. The van der Waals surface area contributed by atoms with Crippen LogP contribution in [0.5, 0.6) is 0 Å². The summed E-state index contributed by atoms with van der Waals surface area (Å²) < 4.78 is 51.6. The van der Waals surface area contributed by atoms with Gasteiger partial charge in [-0.2, -0.15) is 13.2 Å². The van der Waals surface area contributed by atoms with Crippen LogP contribution in [0.4, 0.5) is 23.2 Å². The fourth-order valence-electron chi connectivity index (χ4n) is 1.43. The van der Waals surface area contributed by atoms with Gasteiger partial charge in [0.15, 0.2) is 4.47 Å². The minimum atomic E-state index is -4.61. The van der Waals surface area contributed by atoms with E-state index in [1.165, 1.54) is 17.5 Å². The number of thiazole rings is 1. The molecule has 9 heteroatoms. The Hall–Kier alpha value is -0.860. The van der Waals surface area contributed by atoms with Gasteiger partial charge >= 0.3 is 6.18 Å². The number of hydrogen-bond acceptors (Lipinski definition) is 3. The summed E-state index contributed by atoms with van der Waals surface area (Å²) in [4.78, 5) is 4.53. The Morgan fingerprint density at radius 2 is 2.05 bits per heavy atom. The molecule has 0 aliphatic carbocycles. The van der Waals surface area contributed by atoms with Crippen LogP contribution in [-0.4, -0.2) is 4.98 Å². The number of anilines is 1. The van der Waals surface area contributed by atoms with Crippen LogP contribution in [0.25, 0.3) is 0 Å². The van der Waals surface area contributed by atoms with Crippen molar-refractivity contribution in [3.63, 3.8) is 0 Å². The molecule has 0 atom stereocenters. The molecule has 0 amide bonds. The molecule has 0 spiro atoms. The van der Waals surface area contributed by atoms with Gasteiger partial charge in [-0.05, 0) is 28.1 Å². The maximum atomic E-state index is 13.5. The fourth-order valence-corrected chi connectivity index (χ4v) is 2.72. The topological polar surface area (TPSA) is 24.9 Å². The monoisotopic (exact) mass is 388 g/mol. The highest BCUT2D eigenvalue weighted by molar-refractivity contribution is 9.10. The summed E-state index contributed by atoms with van der Waals surface area (Å²) in [5.74, 6) is -0.982. The average Bonchev–Trinajstić information content (AvgIpc) is 2.75. The van der Waals surface area contributed by atoms with E-state index in [1.54, 1.807) is 0 Å². The van der Waals surface area contributed by atoms with E-state index in [0.717, 1.165) is 10.9 Å². The summed E-state index contributed by atoms with van der Waals surface area (Å²) in [5, 5.41) is 2.72. The number of nitrogens with zero attached hydrogens (tertiary/aromatic N) is 1. The van der Waals surface area contributed by atoms with E-state index in [-0.39, 0.29) is 16.7 Å². The normalized spacial score (nSPS) is 11.7. The first kappa shape index (κ1) is 15.5. The van der Waals surface area contributed by atoms with Gasteiger partial charge in [-0.15, -0.1) is 11.3 Å². The summed E-state index contributed by atoms with van der Waals surface area (Å²) >= 11 is 9.75. The van der Waals surface area contributed by atoms with Crippen molar-refractivity contribution in [3.05, 3.63) is 43.5 Å². The predicted molar refractivity (Wildman–Crippen MR) is 73.6 cm³/mol. The van der Waals surface area contributed by atoms with Crippen molar-refractivity contribution in [1.82, 2.24) is 4.98 Å². The molecule has 1 aromatic heterocycles. The Kier molecular flexibility index (Phi) is 4.55. The molecule has 1 aromatic carbocycles. The molecule has 0 aliphatic heterocycles. The molecule has 20 heavy (non-hydrogen) atoms. The van der Waals surface area contributed by atoms with E-state index in [1.807, 2.05) is 0 Å². The summed E-state index contributed by atoms with van der Waals surface area (Å²) in [7, 11) is 0. The Balaban J connectivity index is 2.24. The van der Waals surface area contributed by atoms with Gasteiger partial charge in [-0.25, -0.2) is 9.37 Å². The van der Waals surface area contributed by atoms with Gasteiger partial charge in [0.1, 0.15) is 5.82 Å². The van der Waals surface area contributed by atoms with Crippen LogP contribution in [0.1, 0.15) is 10.4 Å². The van der Waals surface area contributed by atoms with Gasteiger partial charge in [0.25, 0.3) is 0 Å². The smallest absolute Gasteiger partial charge is 0.379 e. The highest BCUT2D eigenvalue weighted by Crippen LogP contribution is 2.36. The molecule has 1 heterocycles. The van der Waals surface area contributed by atoms with Crippen LogP contribution in [-0.2, 0) is 12.7 Å². The van der Waals surface area contributed by atoms with Crippen LogP contribution in [0.3, 0.4) is 0 Å². The minimum Gasteiger partial charge on any atom is -0.379 e. The van der Waals surface area contributed by atoms with E-state index in [2.05, 4.69) is 26.2 Å². The van der Waals surface area contributed by atoms with E-state index in [4.69, 9.17) is 11.6 Å². The molecule has 0 saturated heterocycles. The van der Waals surface area contributed by atoms with Gasteiger partial charge in [0, 0.05) is 11.1 Å². The number of nitrogens with one attached hydrogen (secondary N) is 1. The molecule has 1 N–H and O–H groups in total. The number of rotatable bonds is 3. The fraction of sp³-hybridized carbons (Fsp3) is 0.182. The van der Waals surface area contributed by atoms with Gasteiger partial charge in [0.05, 0.1) is 22.3 Å². The first-order chi connectivity index (χ1) is 9.27. The highest BCUT2D eigenvalue weighted by Gasteiger charge is 2.32. The SMILES string of the molecule is Fc1cc(C(F)(F)F)cc(NCc2cnc(Cl)s2)c1Br. The second-order valence-corrected chi connectivity index (χ2v) is 6.24. The number of alkyl halides is 3. The third kappa shape index (κ3) is 3.62. The minimum absolute atomic E-state index is 0.0156. The molecule has 0 aliphatic rings. The van der Waals surface area contributed by atoms with E-state index in [0.29, 0.717) is 10.5 Å². The number of benzene rings is 1. The number of hydrogen-bond donors (Lipinski definition) is 1. The molecular formula is C11H6BrClF4N2S. The van der Waals surface area contributed by atoms with Gasteiger partial charge in [0.2, 0.25) is 0 Å². The van der Waals surface area contributed by atoms with Crippen molar-refractivity contribution in [3.8, 4) is 0 Å². The largest absolute Gasteiger partial charge is 0.416 e. The molecule has 0 unspecified atom stereocenters. The zero-order valence-electron chi connectivity index (χ0n) is 9.56. The van der Waals surface area contributed by atoms with Crippen LogP contribution < -0.4 is 5.32 Å². The third-order valence-corrected chi connectivity index (χ3v) is 4.25. The molecule has 2 rings (SSSR count). The molecular weight excluding hydrogens is 384 g/mol. The second-order valence-electron chi connectivity index (χ2n) is 3.75. The van der Waals surface area contributed by atoms with Crippen molar-refractivity contribution >= 4 is 44.6 Å². The zero-order valence-corrected chi connectivity index (χ0v) is 12.7. The van der Waals surface area contributed by atoms with Crippen LogP contribution in [0, 0.1) is 5.82 Å². The second kappa shape index (κ2) is 5.87. The van der Waals surface area contributed by atoms with Crippen molar-refractivity contribution in [2.24, 2.45) is 0 Å². The van der Waals surface area contributed by atoms with E-state index >= 15 is 0 Å². The summed E-state index contributed by atoms with van der Waals surface area (Å²) in [6, 6.07) is 1.29. The standard InChI is InChI=1S/C11H6BrClF4N2S/c12-9-7(14)1-5(11(15,16)17)2-8(9)18-3-6-4-19-10(13)20-6/h1-2,4,18H,3H2. The zero-order chi connectivity index (χ0) is 14.9. The average molecular weight is 390 g/mol. The first-order valence-corrected chi connectivity index (χ1v) is 7.16. The van der Waals surface area contributed by atoms with E-state index in [9.17, 15) is 17.6 Å². The lowest BCUT2D eigenvalue weighted by Crippen LogP contribution is -2.08. The van der Waals surface area contributed by atoms with Gasteiger partial charge < -0.3 is 5.32 Å². The third-order valence-electron chi connectivity index (χ3n) is 2.33. The van der Waals surface area contributed by atoms with Crippen molar-refractivity contribution < 1.29 is 17.6 Å². The molecule has 0 fully saturated rings. The maximum Gasteiger partial charge on any atom is 0.416 e. The quantitative estimate of drug-likeness (QED) is 0.718. The first-order valence-electron chi connectivity index (χ1n) is 5.17. The van der Waals surface area contributed by atoms with Gasteiger partial charge in [-0.1, -0.05) is 11.6 Å². The van der Waals surface area contributed by atoms with Crippen LogP contribution >= 0.6 is 38.9 Å². The van der Waals surface area contributed by atoms with Gasteiger partial charge in [-0.3, -0.25) is 0 Å². The summed E-state index contributed by atoms with van der Waals surface area (Å²) in [5.41, 5.74) is -1.04. The lowest BCUT2D eigenvalue weighted by molar-refractivity contribution is -0.137. The van der Waals surface area contributed by atoms with Crippen molar-refractivity contribution in [2.45, 2.75) is 12.7 Å². The van der Waals surface area contributed by atoms with Crippen LogP contribution in [0.15, 0.2) is 22.8 Å². The Morgan fingerprint density at radius 1 is 1.35 bits per heavy atom. The lowest BCUT2D eigenvalue weighted by atomic mass is 10.2. The molecule has 2 aromatic rings. The van der Waals surface area contributed by atoms with Crippen molar-refractivity contribution in [2.75, 3.05) is 5.32 Å². The Morgan fingerprint density at radius 3 is 2.60 bits per heavy atom. The van der Waals surface area contributed by atoms with Crippen LogP contribution in [0.2, 0.25) is 4.47 Å². The molecule has 0 bridgehead atoms. The molecule has 0 radical (unpaired) electrons. The molecule has 0 saturated carbocycles. The highest BCUT2D eigenvalue weighted by atomic mass is 79.9. The number of aromatic nitrogens is 1. The summed E-state index contributed by atoms with van der Waals surface area (Å²) in [6.45, 7) is 0.198. The maximum absolute atomic E-state index is 13.5. The Bertz CT molecular complexity index is 629. The molecule has 2 nitrogen and oxygen atoms in total. The number of halogens is 6. The summed E-state index contributed by atoms with van der Waals surface area (Å²) in [6.07, 6.45) is -3.11. The van der Waals surface area contributed by atoms with E-state index < -0.39 is 17.6 Å². The predicted octanol–water partition coefficient (Wildman–Crippen LogP) is 5.33.